The Kier molecular flexibility index (Phi) is 5.14. The topological polar surface area (TPSA) is 46.1 Å². The molecule has 0 fully saturated rings. The maximum atomic E-state index is 13.1. The molecule has 0 atom stereocenters. The molecule has 2 aromatic rings. The van der Waals surface area contributed by atoms with Gasteiger partial charge in [0.25, 0.3) is 5.91 Å². The summed E-state index contributed by atoms with van der Waals surface area (Å²) in [4.78, 5) is 15.0. The second-order valence-electron chi connectivity index (χ2n) is 6.45. The molecule has 0 aliphatic rings. The van der Waals surface area contributed by atoms with E-state index in [1.807, 2.05) is 70.7 Å². The van der Waals surface area contributed by atoms with Gasteiger partial charge in [0.1, 0.15) is 0 Å². The maximum absolute atomic E-state index is 13.1. The minimum absolute atomic E-state index is 0.0355. The van der Waals surface area contributed by atoms with E-state index in [1.165, 1.54) is 0 Å². The lowest BCUT2D eigenvalue weighted by atomic mass is 9.98. The van der Waals surface area contributed by atoms with Gasteiger partial charge in [0.2, 0.25) is 0 Å². The molecule has 4 heteroatoms. The molecule has 0 N–H and O–H groups in total. The predicted molar refractivity (Wildman–Crippen MR) is 93.4 cm³/mol. The fraction of sp³-hybridized carbons (Fsp3) is 0.421. The lowest BCUT2D eigenvalue weighted by Crippen LogP contribution is -2.42. The van der Waals surface area contributed by atoms with E-state index in [9.17, 15) is 4.79 Å². The summed E-state index contributed by atoms with van der Waals surface area (Å²) >= 11 is 0. The Labute approximate surface area is 138 Å². The summed E-state index contributed by atoms with van der Waals surface area (Å²) in [5, 5.41) is 8.34. The monoisotopic (exact) mass is 311 g/mol. The van der Waals surface area contributed by atoms with Crippen LogP contribution in [0.4, 0.5) is 0 Å². The molecule has 0 radical (unpaired) electrons. The first-order valence-electron chi connectivity index (χ1n) is 8.05. The Morgan fingerprint density at radius 2 is 1.65 bits per heavy atom. The zero-order valence-corrected chi connectivity index (χ0v) is 14.8. The Bertz CT molecular complexity index is 700. The molecular formula is C19H25N3O. The molecule has 23 heavy (non-hydrogen) atoms. The van der Waals surface area contributed by atoms with Crippen LogP contribution >= 0.6 is 0 Å². The maximum Gasteiger partial charge on any atom is 0.255 e. The van der Waals surface area contributed by atoms with Crippen LogP contribution in [0.15, 0.2) is 30.5 Å². The minimum atomic E-state index is 0.0355. The standard InChI is InChI=1S/C19H25N3O/c1-12(2)22(13(3)4)19(23)17-10-8-7-9-16(17)18-15(6)14(5)11-20-21-18/h7-13H,1-6H3. The highest BCUT2D eigenvalue weighted by molar-refractivity contribution is 6.01. The predicted octanol–water partition coefficient (Wildman–Crippen LogP) is 4.02. The number of amides is 1. The normalized spacial score (nSPS) is 11.1. The number of rotatable bonds is 4. The van der Waals surface area contributed by atoms with Gasteiger partial charge < -0.3 is 4.90 Å². The number of hydrogen-bond acceptors (Lipinski definition) is 3. The van der Waals surface area contributed by atoms with E-state index >= 15 is 0 Å². The molecule has 0 spiro atoms. The van der Waals surface area contributed by atoms with Gasteiger partial charge in [-0.3, -0.25) is 4.79 Å². The van der Waals surface area contributed by atoms with Crippen LogP contribution in [0.25, 0.3) is 11.3 Å². The summed E-state index contributed by atoms with van der Waals surface area (Å²) in [6.07, 6.45) is 1.75. The van der Waals surface area contributed by atoms with Gasteiger partial charge in [0.05, 0.1) is 11.9 Å². The number of benzene rings is 1. The van der Waals surface area contributed by atoms with Gasteiger partial charge in [-0.05, 0) is 58.7 Å². The Morgan fingerprint density at radius 3 is 2.26 bits per heavy atom. The quantitative estimate of drug-likeness (QED) is 0.856. The Morgan fingerprint density at radius 1 is 1.04 bits per heavy atom. The molecule has 2 rings (SSSR count). The van der Waals surface area contributed by atoms with Crippen LogP contribution in [-0.2, 0) is 0 Å². The molecule has 0 saturated carbocycles. The van der Waals surface area contributed by atoms with E-state index in [-0.39, 0.29) is 18.0 Å². The number of hydrogen-bond donors (Lipinski definition) is 0. The smallest absolute Gasteiger partial charge is 0.255 e. The van der Waals surface area contributed by atoms with Crippen molar-refractivity contribution in [2.45, 2.75) is 53.6 Å². The highest BCUT2D eigenvalue weighted by atomic mass is 16.2. The van der Waals surface area contributed by atoms with Crippen LogP contribution in [-0.4, -0.2) is 33.1 Å². The third kappa shape index (κ3) is 3.41. The molecule has 0 bridgehead atoms. The summed E-state index contributed by atoms with van der Waals surface area (Å²) in [7, 11) is 0. The van der Waals surface area contributed by atoms with Gasteiger partial charge >= 0.3 is 0 Å². The summed E-state index contributed by atoms with van der Waals surface area (Å²) in [5.74, 6) is 0.0355. The van der Waals surface area contributed by atoms with E-state index < -0.39 is 0 Å². The molecule has 4 nitrogen and oxygen atoms in total. The van der Waals surface area contributed by atoms with E-state index in [2.05, 4.69) is 10.2 Å². The van der Waals surface area contributed by atoms with Crippen molar-refractivity contribution >= 4 is 5.91 Å². The molecule has 0 unspecified atom stereocenters. The van der Waals surface area contributed by atoms with Crippen LogP contribution in [0.2, 0.25) is 0 Å². The van der Waals surface area contributed by atoms with Gasteiger partial charge in [-0.2, -0.15) is 10.2 Å². The van der Waals surface area contributed by atoms with Crippen molar-refractivity contribution in [3.63, 3.8) is 0 Å². The fourth-order valence-electron chi connectivity index (χ4n) is 2.87. The molecule has 1 aromatic carbocycles. The number of carbonyl (C=O) groups is 1. The van der Waals surface area contributed by atoms with Crippen LogP contribution in [0, 0.1) is 13.8 Å². The van der Waals surface area contributed by atoms with Gasteiger partial charge in [0.15, 0.2) is 0 Å². The molecule has 1 heterocycles. The highest BCUT2D eigenvalue weighted by Gasteiger charge is 2.24. The van der Waals surface area contributed by atoms with Gasteiger partial charge in [-0.15, -0.1) is 0 Å². The van der Waals surface area contributed by atoms with Crippen molar-refractivity contribution in [2.24, 2.45) is 0 Å². The van der Waals surface area contributed by atoms with Crippen LogP contribution in [0.1, 0.15) is 49.2 Å². The SMILES string of the molecule is Cc1cnnc(-c2ccccc2C(=O)N(C(C)C)C(C)C)c1C. The van der Waals surface area contributed by atoms with E-state index in [1.54, 1.807) is 6.20 Å². The fourth-order valence-corrected chi connectivity index (χ4v) is 2.87. The highest BCUT2D eigenvalue weighted by Crippen LogP contribution is 2.27. The van der Waals surface area contributed by atoms with Crippen LogP contribution in [0.5, 0.6) is 0 Å². The average Bonchev–Trinajstić information content (AvgIpc) is 2.49. The van der Waals surface area contributed by atoms with E-state index in [0.717, 1.165) is 22.4 Å². The van der Waals surface area contributed by atoms with Crippen LogP contribution in [0.3, 0.4) is 0 Å². The molecule has 0 saturated heterocycles. The summed E-state index contributed by atoms with van der Waals surface area (Å²) < 4.78 is 0. The second kappa shape index (κ2) is 6.90. The minimum Gasteiger partial charge on any atom is -0.334 e. The number of aromatic nitrogens is 2. The van der Waals surface area contributed by atoms with Gasteiger partial charge in [-0.25, -0.2) is 0 Å². The van der Waals surface area contributed by atoms with Crippen molar-refractivity contribution in [1.29, 1.82) is 0 Å². The van der Waals surface area contributed by atoms with E-state index in [4.69, 9.17) is 0 Å². The average molecular weight is 311 g/mol. The summed E-state index contributed by atoms with van der Waals surface area (Å²) in [6.45, 7) is 12.2. The van der Waals surface area contributed by atoms with E-state index in [0.29, 0.717) is 5.56 Å². The number of carbonyl (C=O) groups excluding carboxylic acids is 1. The zero-order chi connectivity index (χ0) is 17.1. The number of nitrogens with zero attached hydrogens (tertiary/aromatic N) is 3. The first-order chi connectivity index (χ1) is 10.8. The summed E-state index contributed by atoms with van der Waals surface area (Å²) in [6, 6.07) is 7.93. The van der Waals surface area contributed by atoms with Crippen molar-refractivity contribution in [1.82, 2.24) is 15.1 Å². The Hall–Kier alpha value is -2.23. The van der Waals surface area contributed by atoms with Crippen molar-refractivity contribution in [3.05, 3.63) is 47.2 Å². The molecule has 0 aliphatic carbocycles. The number of aryl methyl sites for hydroxylation is 1. The molecule has 0 aliphatic heterocycles. The Balaban J connectivity index is 2.58. The zero-order valence-electron chi connectivity index (χ0n) is 14.8. The molecule has 122 valence electrons. The lowest BCUT2D eigenvalue weighted by Gasteiger charge is -2.31. The van der Waals surface area contributed by atoms with Gasteiger partial charge in [0, 0.05) is 23.2 Å². The second-order valence-corrected chi connectivity index (χ2v) is 6.45. The third-order valence-corrected chi connectivity index (χ3v) is 4.12. The lowest BCUT2D eigenvalue weighted by molar-refractivity contribution is 0.0644. The van der Waals surface area contributed by atoms with Crippen molar-refractivity contribution in [3.8, 4) is 11.3 Å². The third-order valence-electron chi connectivity index (χ3n) is 4.12. The van der Waals surface area contributed by atoms with Crippen molar-refractivity contribution in [2.75, 3.05) is 0 Å². The van der Waals surface area contributed by atoms with Gasteiger partial charge in [-0.1, -0.05) is 18.2 Å². The summed E-state index contributed by atoms with van der Waals surface area (Å²) in [5.41, 5.74) is 4.43. The van der Waals surface area contributed by atoms with Crippen molar-refractivity contribution < 1.29 is 4.79 Å². The van der Waals surface area contributed by atoms with Crippen LogP contribution < -0.4 is 0 Å². The first kappa shape index (κ1) is 17.1. The molecule has 1 amide bonds. The molecule has 1 aromatic heterocycles. The molecular weight excluding hydrogens is 286 g/mol. The first-order valence-corrected chi connectivity index (χ1v) is 8.05. The largest absolute Gasteiger partial charge is 0.334 e.